The Morgan fingerprint density at radius 3 is 2.56 bits per heavy atom. The van der Waals surface area contributed by atoms with Crippen LogP contribution in [0.4, 0.5) is 18.9 Å². The van der Waals surface area contributed by atoms with Crippen molar-refractivity contribution in [1.82, 2.24) is 0 Å². The second-order valence-electron chi connectivity index (χ2n) is 7.90. The van der Waals surface area contributed by atoms with E-state index in [-0.39, 0.29) is 29.7 Å². The molecule has 0 fully saturated rings. The van der Waals surface area contributed by atoms with Gasteiger partial charge in [0, 0.05) is 30.0 Å². The van der Waals surface area contributed by atoms with Gasteiger partial charge in [-0.05, 0) is 48.7 Å². The number of halogens is 4. The van der Waals surface area contributed by atoms with Gasteiger partial charge in [0.2, 0.25) is 12.7 Å². The molecule has 9 heteroatoms. The van der Waals surface area contributed by atoms with Gasteiger partial charge in [-0.3, -0.25) is 14.5 Å². The first-order valence-corrected chi connectivity index (χ1v) is 10.5. The Labute approximate surface area is 186 Å². The predicted octanol–water partition coefficient (Wildman–Crippen LogP) is 5.62. The number of anilines is 1. The minimum atomic E-state index is -4.59. The largest absolute Gasteiger partial charge is 0.454 e. The number of nitrogens with zero attached hydrogens (tertiary/aromatic N) is 1. The number of ketones is 1. The van der Waals surface area contributed by atoms with Crippen LogP contribution in [0, 0.1) is 0 Å². The monoisotopic (exact) mass is 463 g/mol. The first-order chi connectivity index (χ1) is 15.2. The fourth-order valence-electron chi connectivity index (χ4n) is 4.55. The van der Waals surface area contributed by atoms with Crippen molar-refractivity contribution in [3.63, 3.8) is 0 Å². The van der Waals surface area contributed by atoms with Gasteiger partial charge >= 0.3 is 6.18 Å². The van der Waals surface area contributed by atoms with Crippen molar-refractivity contribution in [3.05, 3.63) is 63.8 Å². The molecule has 32 heavy (non-hydrogen) atoms. The maximum Gasteiger partial charge on any atom is 0.416 e. The molecule has 0 N–H and O–H groups in total. The van der Waals surface area contributed by atoms with Gasteiger partial charge in [-0.25, -0.2) is 0 Å². The third kappa shape index (κ3) is 3.43. The lowest BCUT2D eigenvalue weighted by molar-refractivity contribution is -0.137. The average Bonchev–Trinajstić information content (AvgIpc) is 3.21. The maximum absolute atomic E-state index is 13.3. The summed E-state index contributed by atoms with van der Waals surface area (Å²) >= 11 is 6.23. The molecule has 0 aromatic heterocycles. The molecule has 0 spiro atoms. The molecule has 3 aliphatic rings. The Morgan fingerprint density at radius 1 is 1.00 bits per heavy atom. The highest BCUT2D eigenvalue weighted by molar-refractivity contribution is 6.34. The molecule has 1 atom stereocenters. The number of hydrogen-bond acceptors (Lipinski definition) is 4. The zero-order chi connectivity index (χ0) is 22.6. The van der Waals surface area contributed by atoms with E-state index in [2.05, 4.69) is 0 Å². The normalized spacial score (nSPS) is 20.6. The third-order valence-electron chi connectivity index (χ3n) is 5.99. The molecule has 0 radical (unpaired) electrons. The highest BCUT2D eigenvalue weighted by Gasteiger charge is 2.41. The highest BCUT2D eigenvalue weighted by Crippen LogP contribution is 2.47. The molecule has 5 nitrogen and oxygen atoms in total. The van der Waals surface area contributed by atoms with Gasteiger partial charge in [0.1, 0.15) is 0 Å². The quantitative estimate of drug-likeness (QED) is 0.580. The van der Waals surface area contributed by atoms with E-state index >= 15 is 0 Å². The van der Waals surface area contributed by atoms with E-state index in [0.29, 0.717) is 42.0 Å². The van der Waals surface area contributed by atoms with Crippen LogP contribution >= 0.6 is 11.6 Å². The van der Waals surface area contributed by atoms with Crippen molar-refractivity contribution in [2.24, 2.45) is 0 Å². The lowest BCUT2D eigenvalue weighted by Gasteiger charge is -2.38. The number of carbonyl (C=O) groups excluding carboxylic acids is 2. The average molecular weight is 464 g/mol. The minimum absolute atomic E-state index is 0.0118. The number of benzene rings is 2. The van der Waals surface area contributed by atoms with Crippen molar-refractivity contribution >= 4 is 29.0 Å². The molecule has 5 rings (SSSR count). The van der Waals surface area contributed by atoms with Crippen LogP contribution in [0.5, 0.6) is 11.5 Å². The van der Waals surface area contributed by atoms with E-state index in [4.69, 9.17) is 21.1 Å². The van der Waals surface area contributed by atoms with Gasteiger partial charge in [-0.2, -0.15) is 13.2 Å². The predicted molar refractivity (Wildman–Crippen MR) is 110 cm³/mol. The van der Waals surface area contributed by atoms with Crippen LogP contribution in [0.2, 0.25) is 5.02 Å². The molecular formula is C23H17ClF3NO4. The zero-order valence-electron chi connectivity index (χ0n) is 16.7. The van der Waals surface area contributed by atoms with Crippen LogP contribution in [0.15, 0.2) is 47.7 Å². The number of amides is 1. The van der Waals surface area contributed by atoms with E-state index in [1.165, 1.54) is 4.90 Å². The first-order valence-electron chi connectivity index (χ1n) is 10.1. The second kappa shape index (κ2) is 7.55. The van der Waals surface area contributed by atoms with Crippen LogP contribution in [0.3, 0.4) is 0 Å². The Balaban J connectivity index is 1.64. The fourth-order valence-corrected chi connectivity index (χ4v) is 4.75. The number of alkyl halides is 3. The number of hydrogen-bond donors (Lipinski definition) is 0. The van der Waals surface area contributed by atoms with Crippen molar-refractivity contribution in [1.29, 1.82) is 0 Å². The summed E-state index contributed by atoms with van der Waals surface area (Å²) < 4.78 is 50.7. The van der Waals surface area contributed by atoms with Crippen LogP contribution in [0.25, 0.3) is 0 Å². The molecule has 166 valence electrons. The summed E-state index contributed by atoms with van der Waals surface area (Å²) in [6.45, 7) is 0.0943. The minimum Gasteiger partial charge on any atom is -0.454 e. The van der Waals surface area contributed by atoms with Crippen molar-refractivity contribution in [2.75, 3.05) is 11.7 Å². The first kappa shape index (κ1) is 20.9. The number of ether oxygens (including phenoxy) is 2. The number of carbonyl (C=O) groups is 2. The molecule has 2 aromatic rings. The molecule has 0 saturated carbocycles. The fraction of sp³-hybridized carbons (Fsp3) is 0.304. The van der Waals surface area contributed by atoms with E-state index in [9.17, 15) is 22.8 Å². The van der Waals surface area contributed by atoms with Crippen molar-refractivity contribution < 1.29 is 32.2 Å². The van der Waals surface area contributed by atoms with Crippen molar-refractivity contribution in [2.45, 2.75) is 37.8 Å². The number of rotatable bonds is 2. The van der Waals surface area contributed by atoms with Crippen molar-refractivity contribution in [3.8, 4) is 11.5 Å². The van der Waals surface area contributed by atoms with Crippen LogP contribution in [0.1, 0.15) is 42.7 Å². The van der Waals surface area contributed by atoms with E-state index in [1.54, 1.807) is 18.2 Å². The topological polar surface area (TPSA) is 55.8 Å². The van der Waals surface area contributed by atoms with Crippen LogP contribution < -0.4 is 14.4 Å². The molecular weight excluding hydrogens is 447 g/mol. The lowest BCUT2D eigenvalue weighted by atomic mass is 9.77. The lowest BCUT2D eigenvalue weighted by Crippen LogP contribution is -2.40. The molecule has 0 bridgehead atoms. The maximum atomic E-state index is 13.3. The second-order valence-corrected chi connectivity index (χ2v) is 8.31. The molecule has 2 heterocycles. The Kier molecular flexibility index (Phi) is 4.93. The van der Waals surface area contributed by atoms with Crippen LogP contribution in [-0.2, 0) is 15.8 Å². The molecule has 1 unspecified atom stereocenters. The number of allylic oxidation sites excluding steroid dienone is 2. The molecule has 2 aliphatic heterocycles. The molecule has 2 aromatic carbocycles. The third-order valence-corrected chi connectivity index (χ3v) is 6.31. The molecule has 0 saturated heterocycles. The standard InChI is InChI=1S/C23H17ClF3NO4/c24-15-6-5-13(23(25,26)27)9-17(15)28-16-2-1-3-18(29)22(16)14(10-21(28)30)12-4-7-19-20(8-12)32-11-31-19/h4-9,14H,1-3,10-11H2. The smallest absolute Gasteiger partial charge is 0.416 e. The van der Waals surface area contributed by atoms with Crippen LogP contribution in [-0.4, -0.2) is 18.5 Å². The summed E-state index contributed by atoms with van der Waals surface area (Å²) in [6.07, 6.45) is -3.45. The Morgan fingerprint density at radius 2 is 1.78 bits per heavy atom. The zero-order valence-corrected chi connectivity index (χ0v) is 17.4. The molecule has 1 aliphatic carbocycles. The summed E-state index contributed by atoms with van der Waals surface area (Å²) in [4.78, 5) is 27.4. The number of Topliss-reactive ketones (excluding diaryl/α,β-unsaturated/α-hetero) is 1. The van der Waals surface area contributed by atoms with Gasteiger partial charge in [0.05, 0.1) is 16.3 Å². The SMILES string of the molecule is O=C1CCCC2=C1C(c1ccc3c(c1)OCO3)CC(=O)N2c1cc(C(F)(F)F)ccc1Cl. The summed E-state index contributed by atoms with van der Waals surface area (Å²) in [5.41, 5.74) is 0.620. The van der Waals surface area contributed by atoms with E-state index < -0.39 is 23.6 Å². The summed E-state index contributed by atoms with van der Waals surface area (Å²) in [7, 11) is 0. The number of fused-ring (bicyclic) bond motifs is 1. The highest BCUT2D eigenvalue weighted by atomic mass is 35.5. The Hall–Kier alpha value is -3.00. The van der Waals surface area contributed by atoms with Gasteiger partial charge in [-0.1, -0.05) is 17.7 Å². The summed E-state index contributed by atoms with van der Waals surface area (Å²) in [5, 5.41) is 0.0118. The van der Waals surface area contributed by atoms with Gasteiger partial charge in [-0.15, -0.1) is 0 Å². The molecule has 1 amide bonds. The van der Waals surface area contributed by atoms with Gasteiger partial charge < -0.3 is 9.47 Å². The van der Waals surface area contributed by atoms with Gasteiger partial charge in [0.15, 0.2) is 17.3 Å². The van der Waals surface area contributed by atoms with Gasteiger partial charge in [0.25, 0.3) is 0 Å². The Bertz CT molecular complexity index is 1170. The van der Waals surface area contributed by atoms with E-state index in [0.717, 1.165) is 23.8 Å². The summed E-state index contributed by atoms with van der Waals surface area (Å²) in [6, 6.07) is 8.12. The summed E-state index contributed by atoms with van der Waals surface area (Å²) in [5.74, 6) is 0.0682. The van der Waals surface area contributed by atoms with E-state index in [1.807, 2.05) is 0 Å².